The van der Waals surface area contributed by atoms with Gasteiger partial charge in [-0.15, -0.1) is 0 Å². The van der Waals surface area contributed by atoms with Gasteiger partial charge in [-0.3, -0.25) is 4.79 Å². The highest BCUT2D eigenvalue weighted by Crippen LogP contribution is 2.34. The van der Waals surface area contributed by atoms with Gasteiger partial charge >= 0.3 is 0 Å². The third kappa shape index (κ3) is 1.41. The van der Waals surface area contributed by atoms with Gasteiger partial charge in [0.25, 0.3) is 0 Å². The van der Waals surface area contributed by atoms with Crippen LogP contribution in [0.3, 0.4) is 0 Å². The molecule has 1 heterocycles. The number of amides is 1. The van der Waals surface area contributed by atoms with Crippen LogP contribution >= 0.6 is 0 Å². The van der Waals surface area contributed by atoms with Crippen LogP contribution in [-0.2, 0) is 4.79 Å². The monoisotopic (exact) mass is 208 g/mol. The molecule has 0 aromatic heterocycles. The molecule has 0 radical (unpaired) electrons. The Balaban J connectivity index is 2.32. The van der Waals surface area contributed by atoms with Gasteiger partial charge in [0.05, 0.1) is 6.04 Å². The zero-order chi connectivity index (χ0) is 11.0. The van der Waals surface area contributed by atoms with Crippen LogP contribution in [-0.4, -0.2) is 23.4 Å². The van der Waals surface area contributed by atoms with E-state index in [2.05, 4.69) is 0 Å². The fraction of sp³-hybridized carbons (Fsp3) is 0.364. The number of hydrogen-bond acceptors (Lipinski definition) is 2. The third-order valence-corrected chi connectivity index (χ3v) is 2.81. The number of likely N-dealkylation sites (tertiary alicyclic amines) is 1. The average molecular weight is 208 g/mol. The number of likely N-dealkylation sites (N-methyl/N-ethyl adjacent to an activating group) is 1. The summed E-state index contributed by atoms with van der Waals surface area (Å²) in [4.78, 5) is 13.0. The summed E-state index contributed by atoms with van der Waals surface area (Å²) in [6.45, 7) is 2.42. The van der Waals surface area contributed by atoms with Gasteiger partial charge in [-0.05, 0) is 13.0 Å². The number of β-lactam (4-membered cyclic amide) rings is 1. The molecule has 1 aromatic carbocycles. The summed E-state index contributed by atoms with van der Waals surface area (Å²) in [6.07, 6.45) is 0. The Morgan fingerprint density at radius 1 is 1.47 bits per heavy atom. The number of nitrogens with zero attached hydrogens (tertiary/aromatic N) is 1. The van der Waals surface area contributed by atoms with Crippen LogP contribution in [0.15, 0.2) is 24.3 Å². The SMILES string of the molecule is CCN1C(=O)[C@@H](N)[C@H]1c1ccccc1F. The molecule has 0 saturated carbocycles. The van der Waals surface area contributed by atoms with Crippen LogP contribution in [0, 0.1) is 5.82 Å². The second kappa shape index (κ2) is 3.62. The van der Waals surface area contributed by atoms with E-state index in [0.29, 0.717) is 12.1 Å². The van der Waals surface area contributed by atoms with Crippen molar-refractivity contribution in [2.24, 2.45) is 5.73 Å². The highest BCUT2D eigenvalue weighted by molar-refractivity contribution is 5.89. The minimum atomic E-state index is -0.596. The number of carbonyl (C=O) groups excluding carboxylic acids is 1. The standard InChI is InChI=1S/C11H13FN2O/c1-2-14-10(9(13)11(14)15)7-5-3-4-6-8(7)12/h3-6,9-10H,2,13H2,1H3/t9-,10+/m0/s1. The van der Waals surface area contributed by atoms with E-state index in [1.54, 1.807) is 23.1 Å². The number of carbonyl (C=O) groups is 1. The smallest absolute Gasteiger partial charge is 0.242 e. The molecule has 15 heavy (non-hydrogen) atoms. The molecule has 0 bridgehead atoms. The van der Waals surface area contributed by atoms with Crippen LogP contribution in [0.25, 0.3) is 0 Å². The lowest BCUT2D eigenvalue weighted by Crippen LogP contribution is -2.62. The Kier molecular flexibility index (Phi) is 2.44. The van der Waals surface area contributed by atoms with Gasteiger partial charge in [0.1, 0.15) is 11.9 Å². The third-order valence-electron chi connectivity index (χ3n) is 2.81. The van der Waals surface area contributed by atoms with E-state index < -0.39 is 6.04 Å². The Morgan fingerprint density at radius 3 is 2.73 bits per heavy atom. The lowest BCUT2D eigenvalue weighted by molar-refractivity contribution is -0.149. The first-order valence-electron chi connectivity index (χ1n) is 4.97. The highest BCUT2D eigenvalue weighted by Gasteiger charge is 2.45. The van der Waals surface area contributed by atoms with E-state index in [9.17, 15) is 9.18 Å². The molecule has 0 spiro atoms. The average Bonchev–Trinajstić information content (AvgIpc) is 2.26. The molecule has 1 aromatic rings. The topological polar surface area (TPSA) is 46.3 Å². The molecule has 0 aliphatic carbocycles. The first-order chi connectivity index (χ1) is 7.16. The van der Waals surface area contributed by atoms with Gasteiger partial charge < -0.3 is 10.6 Å². The van der Waals surface area contributed by atoms with Gasteiger partial charge in [-0.1, -0.05) is 18.2 Å². The first-order valence-corrected chi connectivity index (χ1v) is 4.97. The normalized spacial score (nSPS) is 25.3. The molecule has 1 saturated heterocycles. The fourth-order valence-corrected chi connectivity index (χ4v) is 2.00. The highest BCUT2D eigenvalue weighted by atomic mass is 19.1. The molecule has 1 aliphatic rings. The van der Waals surface area contributed by atoms with Crippen LogP contribution in [0.1, 0.15) is 18.5 Å². The van der Waals surface area contributed by atoms with Crippen LogP contribution in [0.5, 0.6) is 0 Å². The fourth-order valence-electron chi connectivity index (χ4n) is 2.00. The number of halogens is 1. The van der Waals surface area contributed by atoms with Crippen molar-refractivity contribution in [3.05, 3.63) is 35.6 Å². The van der Waals surface area contributed by atoms with Gasteiger partial charge in [0.2, 0.25) is 5.91 Å². The largest absolute Gasteiger partial charge is 0.332 e. The van der Waals surface area contributed by atoms with E-state index in [0.717, 1.165) is 0 Å². The summed E-state index contributed by atoms with van der Waals surface area (Å²) in [5, 5.41) is 0. The van der Waals surface area contributed by atoms with Crippen molar-refractivity contribution < 1.29 is 9.18 Å². The summed E-state index contributed by atoms with van der Waals surface area (Å²) >= 11 is 0. The Morgan fingerprint density at radius 2 is 2.13 bits per heavy atom. The molecule has 3 nitrogen and oxygen atoms in total. The Bertz CT molecular complexity index is 394. The molecule has 1 fully saturated rings. The molecule has 2 N–H and O–H groups in total. The first kappa shape index (κ1) is 10.1. The molecule has 2 rings (SSSR count). The maximum absolute atomic E-state index is 13.5. The van der Waals surface area contributed by atoms with E-state index in [1.165, 1.54) is 6.07 Å². The zero-order valence-electron chi connectivity index (χ0n) is 8.48. The number of hydrogen-bond donors (Lipinski definition) is 1. The molecule has 2 atom stereocenters. The van der Waals surface area contributed by atoms with Gasteiger partial charge in [-0.25, -0.2) is 4.39 Å². The molecule has 80 valence electrons. The lowest BCUT2D eigenvalue weighted by atomic mass is 9.89. The second-order valence-electron chi connectivity index (χ2n) is 3.62. The number of rotatable bonds is 2. The van der Waals surface area contributed by atoms with Crippen molar-refractivity contribution >= 4 is 5.91 Å². The summed E-state index contributed by atoms with van der Waals surface area (Å²) in [5.41, 5.74) is 6.18. The number of benzene rings is 1. The van der Waals surface area contributed by atoms with Gasteiger partial charge in [0.15, 0.2) is 0 Å². The molecular weight excluding hydrogens is 195 g/mol. The van der Waals surface area contributed by atoms with Crippen molar-refractivity contribution in [3.8, 4) is 0 Å². The van der Waals surface area contributed by atoms with Crippen LogP contribution in [0.2, 0.25) is 0 Å². The maximum atomic E-state index is 13.5. The van der Waals surface area contributed by atoms with Crippen molar-refractivity contribution in [2.45, 2.75) is 19.0 Å². The minimum absolute atomic E-state index is 0.106. The molecule has 4 heteroatoms. The van der Waals surface area contributed by atoms with Crippen molar-refractivity contribution in [2.75, 3.05) is 6.54 Å². The molecule has 0 unspecified atom stereocenters. The lowest BCUT2D eigenvalue weighted by Gasteiger charge is -2.45. The molecule has 1 aliphatic heterocycles. The second-order valence-corrected chi connectivity index (χ2v) is 3.62. The summed E-state index contributed by atoms with van der Waals surface area (Å²) < 4.78 is 13.5. The predicted molar refractivity (Wildman–Crippen MR) is 54.5 cm³/mol. The zero-order valence-corrected chi connectivity index (χ0v) is 8.48. The van der Waals surface area contributed by atoms with Crippen molar-refractivity contribution in [1.82, 2.24) is 4.90 Å². The van der Waals surface area contributed by atoms with Crippen molar-refractivity contribution in [1.29, 1.82) is 0 Å². The quantitative estimate of drug-likeness (QED) is 0.738. The summed E-state index contributed by atoms with van der Waals surface area (Å²) in [6, 6.07) is 5.54. The van der Waals surface area contributed by atoms with E-state index >= 15 is 0 Å². The maximum Gasteiger partial charge on any atom is 0.242 e. The Hall–Kier alpha value is -1.42. The van der Waals surface area contributed by atoms with Crippen LogP contribution in [0.4, 0.5) is 4.39 Å². The van der Waals surface area contributed by atoms with E-state index in [-0.39, 0.29) is 17.8 Å². The van der Waals surface area contributed by atoms with Gasteiger partial charge in [0, 0.05) is 12.1 Å². The summed E-state index contributed by atoms with van der Waals surface area (Å²) in [5.74, 6) is -0.408. The van der Waals surface area contributed by atoms with E-state index in [1.807, 2.05) is 6.92 Å². The molecule has 1 amide bonds. The van der Waals surface area contributed by atoms with Crippen molar-refractivity contribution in [3.63, 3.8) is 0 Å². The van der Waals surface area contributed by atoms with E-state index in [4.69, 9.17) is 5.73 Å². The number of nitrogens with two attached hydrogens (primary N) is 1. The minimum Gasteiger partial charge on any atom is -0.332 e. The van der Waals surface area contributed by atoms with Crippen LogP contribution < -0.4 is 5.73 Å². The predicted octanol–water partition coefficient (Wildman–Crippen LogP) is 1.06. The molecular formula is C11H13FN2O. The Labute approximate surface area is 87.7 Å². The summed E-state index contributed by atoms with van der Waals surface area (Å²) in [7, 11) is 0. The van der Waals surface area contributed by atoms with Gasteiger partial charge in [-0.2, -0.15) is 0 Å².